The van der Waals surface area contributed by atoms with Gasteiger partial charge in [0.05, 0.1) is 4.92 Å². The maximum atomic E-state index is 12.5. The average Bonchev–Trinajstić information content (AvgIpc) is 3.38. The number of non-ortho nitro benzene ring substituents is 1. The summed E-state index contributed by atoms with van der Waals surface area (Å²) in [6.45, 7) is 0.357. The van der Waals surface area contributed by atoms with E-state index in [9.17, 15) is 24.5 Å². The van der Waals surface area contributed by atoms with E-state index in [0.717, 1.165) is 5.69 Å². The van der Waals surface area contributed by atoms with Crippen molar-refractivity contribution in [2.24, 2.45) is 5.92 Å². The number of carbonyl (C=O) groups excluding carboxylic acids is 3. The van der Waals surface area contributed by atoms with Gasteiger partial charge in [0, 0.05) is 42.4 Å². The van der Waals surface area contributed by atoms with Crippen molar-refractivity contribution in [2.45, 2.75) is 12.8 Å². The molecule has 2 aromatic carbocycles. The molecular weight excluding hydrogens is 454 g/mol. The Hall–Kier alpha value is -4.47. The minimum Gasteiger partial charge on any atom is -0.450 e. The van der Waals surface area contributed by atoms with E-state index in [0.29, 0.717) is 37.3 Å². The van der Waals surface area contributed by atoms with Gasteiger partial charge in [0.15, 0.2) is 6.61 Å². The summed E-state index contributed by atoms with van der Waals surface area (Å²) in [4.78, 5) is 49.1. The van der Waals surface area contributed by atoms with Crippen LogP contribution in [0.4, 0.5) is 11.4 Å². The fourth-order valence-electron chi connectivity index (χ4n) is 3.80. The minimum absolute atomic E-state index is 0.0562. The van der Waals surface area contributed by atoms with Crippen LogP contribution in [-0.4, -0.2) is 47.3 Å². The van der Waals surface area contributed by atoms with Crippen LogP contribution in [0.3, 0.4) is 0 Å². The molecule has 1 fully saturated rings. The summed E-state index contributed by atoms with van der Waals surface area (Å²) in [6.07, 6.45) is 1.05. The smallest absolute Gasteiger partial charge is 0.374 e. The molecule has 0 unspecified atom stereocenters. The molecule has 35 heavy (non-hydrogen) atoms. The van der Waals surface area contributed by atoms with Crippen molar-refractivity contribution in [1.29, 1.82) is 0 Å². The van der Waals surface area contributed by atoms with E-state index in [4.69, 9.17) is 9.15 Å². The van der Waals surface area contributed by atoms with Crippen LogP contribution in [0.15, 0.2) is 71.1 Å². The highest BCUT2D eigenvalue weighted by Gasteiger charge is 2.28. The summed E-state index contributed by atoms with van der Waals surface area (Å²) in [7, 11) is 0. The summed E-state index contributed by atoms with van der Waals surface area (Å²) >= 11 is 0. The molecule has 10 nitrogen and oxygen atoms in total. The molecule has 10 heteroatoms. The van der Waals surface area contributed by atoms with Crippen molar-refractivity contribution in [3.05, 3.63) is 82.6 Å². The molecular formula is C25H23N3O7. The Morgan fingerprint density at radius 1 is 1.00 bits per heavy atom. The van der Waals surface area contributed by atoms with Crippen LogP contribution in [0.5, 0.6) is 0 Å². The zero-order valence-electron chi connectivity index (χ0n) is 18.7. The maximum absolute atomic E-state index is 12.5. The SMILES string of the molecule is O=C(OCC(=O)N1CCC(C(=O)Nc2ccccc2)CC1)c1ccc(-c2ccc([N+](=O)[O-])cc2)o1. The number of rotatable bonds is 7. The zero-order valence-corrected chi connectivity index (χ0v) is 18.7. The molecule has 0 bridgehead atoms. The molecule has 180 valence electrons. The number of carbonyl (C=O) groups is 3. The van der Waals surface area contributed by atoms with Gasteiger partial charge in [-0.05, 0) is 49.2 Å². The second kappa shape index (κ2) is 10.6. The highest BCUT2D eigenvalue weighted by atomic mass is 16.6. The molecule has 1 saturated heterocycles. The van der Waals surface area contributed by atoms with Gasteiger partial charge in [-0.2, -0.15) is 0 Å². The monoisotopic (exact) mass is 477 g/mol. The number of likely N-dealkylation sites (tertiary alicyclic amines) is 1. The molecule has 0 atom stereocenters. The summed E-state index contributed by atoms with van der Waals surface area (Å²) in [5.41, 5.74) is 1.24. The van der Waals surface area contributed by atoms with E-state index >= 15 is 0 Å². The van der Waals surface area contributed by atoms with Crippen LogP contribution in [-0.2, 0) is 14.3 Å². The number of nitrogens with one attached hydrogen (secondary N) is 1. The van der Waals surface area contributed by atoms with Gasteiger partial charge in [0.1, 0.15) is 5.76 Å². The van der Waals surface area contributed by atoms with E-state index in [1.54, 1.807) is 11.0 Å². The first-order valence-corrected chi connectivity index (χ1v) is 11.1. The largest absolute Gasteiger partial charge is 0.450 e. The number of nitro groups is 1. The van der Waals surface area contributed by atoms with Crippen molar-refractivity contribution in [3.63, 3.8) is 0 Å². The van der Waals surface area contributed by atoms with Crippen molar-refractivity contribution in [3.8, 4) is 11.3 Å². The lowest BCUT2D eigenvalue weighted by atomic mass is 9.95. The molecule has 1 aliphatic rings. The van der Waals surface area contributed by atoms with Gasteiger partial charge in [0.2, 0.25) is 11.7 Å². The Morgan fingerprint density at radius 2 is 1.69 bits per heavy atom. The Morgan fingerprint density at radius 3 is 2.34 bits per heavy atom. The van der Waals surface area contributed by atoms with E-state index in [1.807, 2.05) is 30.3 Å². The van der Waals surface area contributed by atoms with Crippen LogP contribution in [0, 0.1) is 16.0 Å². The average molecular weight is 477 g/mol. The van der Waals surface area contributed by atoms with E-state index in [2.05, 4.69) is 5.32 Å². The topological polar surface area (TPSA) is 132 Å². The van der Waals surface area contributed by atoms with Gasteiger partial charge in [-0.15, -0.1) is 0 Å². The van der Waals surface area contributed by atoms with Gasteiger partial charge in [-0.1, -0.05) is 18.2 Å². The Bertz CT molecular complexity index is 1210. The quantitative estimate of drug-likeness (QED) is 0.310. The predicted octanol–water partition coefficient (Wildman–Crippen LogP) is 3.89. The fraction of sp³-hybridized carbons (Fsp3) is 0.240. The Kier molecular flexibility index (Phi) is 7.20. The first-order chi connectivity index (χ1) is 16.9. The lowest BCUT2D eigenvalue weighted by Crippen LogP contribution is -2.43. The third-order valence-electron chi connectivity index (χ3n) is 5.76. The summed E-state index contributed by atoms with van der Waals surface area (Å²) in [5.74, 6) is -1.14. The Balaban J connectivity index is 1.23. The zero-order chi connectivity index (χ0) is 24.8. The molecule has 4 rings (SSSR count). The van der Waals surface area contributed by atoms with Crippen molar-refractivity contribution < 1.29 is 28.5 Å². The van der Waals surface area contributed by atoms with E-state index < -0.39 is 17.5 Å². The number of anilines is 1. The number of ether oxygens (including phenoxy) is 1. The number of esters is 1. The lowest BCUT2D eigenvalue weighted by molar-refractivity contribution is -0.384. The third-order valence-corrected chi connectivity index (χ3v) is 5.76. The standard InChI is InChI=1S/C25H23N3O7/c29-23(27-14-12-18(13-15-27)24(30)26-19-4-2-1-3-5-19)16-34-25(31)22-11-10-21(35-22)17-6-8-20(9-7-17)28(32)33/h1-11,18H,12-16H2,(H,26,30). The number of nitrogens with zero attached hydrogens (tertiary/aromatic N) is 2. The summed E-state index contributed by atoms with van der Waals surface area (Å²) in [5, 5.41) is 13.7. The number of hydrogen-bond donors (Lipinski definition) is 1. The van der Waals surface area contributed by atoms with Gasteiger partial charge < -0.3 is 19.4 Å². The number of furan rings is 1. The second-order valence-corrected chi connectivity index (χ2v) is 8.05. The molecule has 2 amide bonds. The van der Waals surface area contributed by atoms with Gasteiger partial charge >= 0.3 is 5.97 Å². The van der Waals surface area contributed by atoms with Crippen LogP contribution >= 0.6 is 0 Å². The minimum atomic E-state index is -0.788. The molecule has 0 aliphatic carbocycles. The Labute approximate surface area is 200 Å². The summed E-state index contributed by atoms with van der Waals surface area (Å²) in [6, 6.07) is 17.9. The highest BCUT2D eigenvalue weighted by Crippen LogP contribution is 2.25. The first kappa shape index (κ1) is 23.7. The van der Waals surface area contributed by atoms with Crippen molar-refractivity contribution >= 4 is 29.2 Å². The third kappa shape index (κ3) is 5.91. The second-order valence-electron chi connectivity index (χ2n) is 8.05. The normalized spacial score (nSPS) is 13.8. The number of benzene rings is 2. The molecule has 3 aromatic rings. The van der Waals surface area contributed by atoms with Gasteiger partial charge in [-0.25, -0.2) is 4.79 Å². The predicted molar refractivity (Wildman–Crippen MR) is 125 cm³/mol. The van der Waals surface area contributed by atoms with E-state index in [-0.39, 0.29) is 29.2 Å². The van der Waals surface area contributed by atoms with Gasteiger partial charge in [-0.3, -0.25) is 19.7 Å². The van der Waals surface area contributed by atoms with Crippen LogP contribution < -0.4 is 5.32 Å². The summed E-state index contributed by atoms with van der Waals surface area (Å²) < 4.78 is 10.6. The van der Waals surface area contributed by atoms with Crippen LogP contribution in [0.1, 0.15) is 23.4 Å². The van der Waals surface area contributed by atoms with Crippen molar-refractivity contribution in [2.75, 3.05) is 25.0 Å². The van der Waals surface area contributed by atoms with E-state index in [1.165, 1.54) is 30.3 Å². The molecule has 0 spiro atoms. The molecule has 1 N–H and O–H groups in total. The molecule has 1 aromatic heterocycles. The molecule has 1 aliphatic heterocycles. The van der Waals surface area contributed by atoms with Gasteiger partial charge in [0.25, 0.3) is 11.6 Å². The van der Waals surface area contributed by atoms with Crippen LogP contribution in [0.2, 0.25) is 0 Å². The number of amides is 2. The fourth-order valence-corrected chi connectivity index (χ4v) is 3.80. The molecule has 2 heterocycles. The molecule has 0 radical (unpaired) electrons. The van der Waals surface area contributed by atoms with Crippen molar-refractivity contribution in [1.82, 2.24) is 4.90 Å². The maximum Gasteiger partial charge on any atom is 0.374 e. The number of hydrogen-bond acceptors (Lipinski definition) is 7. The number of nitro benzene ring substituents is 1. The first-order valence-electron chi connectivity index (χ1n) is 11.1. The molecule has 0 saturated carbocycles. The number of piperidine rings is 1. The highest BCUT2D eigenvalue weighted by molar-refractivity contribution is 5.93. The lowest BCUT2D eigenvalue weighted by Gasteiger charge is -2.31. The number of para-hydroxylation sites is 1. The van der Waals surface area contributed by atoms with Crippen LogP contribution in [0.25, 0.3) is 11.3 Å².